The highest BCUT2D eigenvalue weighted by molar-refractivity contribution is 6.02. The number of benzene rings is 2. The summed E-state index contributed by atoms with van der Waals surface area (Å²) in [7, 11) is 0. The van der Waals surface area contributed by atoms with E-state index >= 15 is 0 Å². The van der Waals surface area contributed by atoms with Crippen molar-refractivity contribution in [1.82, 2.24) is 25.2 Å². The van der Waals surface area contributed by atoms with Gasteiger partial charge in [-0.25, -0.2) is 4.68 Å². The molecule has 6 atom stereocenters. The molecule has 6 rings (SSSR count). The smallest absolute Gasteiger partial charge is 0.247 e. The van der Waals surface area contributed by atoms with Crippen LogP contribution in [0.4, 0.5) is 5.69 Å². The molecule has 1 aromatic heterocycles. The van der Waals surface area contributed by atoms with Gasteiger partial charge in [0.25, 0.3) is 0 Å². The number of carbonyl (C=O) groups excluding carboxylic acids is 3. The van der Waals surface area contributed by atoms with Crippen LogP contribution < -0.4 is 15.4 Å². The molecule has 3 aliphatic rings. The number of ether oxygens (including phenoxy) is 2. The molecule has 2 aromatic carbocycles. The first-order chi connectivity index (χ1) is 19.9. The summed E-state index contributed by atoms with van der Waals surface area (Å²) in [5, 5.41) is 24.3. The summed E-state index contributed by atoms with van der Waals surface area (Å²) in [5.41, 5.74) is 0.867. The number of hydrogen-bond donors (Lipinski definition) is 3. The van der Waals surface area contributed by atoms with Crippen molar-refractivity contribution in [2.75, 3.05) is 18.5 Å². The van der Waals surface area contributed by atoms with E-state index in [1.54, 1.807) is 28.9 Å². The van der Waals surface area contributed by atoms with Crippen LogP contribution in [0.15, 0.2) is 48.5 Å². The topological polar surface area (TPSA) is 148 Å². The molecule has 12 nitrogen and oxygen atoms in total. The molecular formula is C29H34N6O6. The number of para-hydroxylation sites is 1. The van der Waals surface area contributed by atoms with Crippen LogP contribution in [-0.2, 0) is 25.8 Å². The maximum atomic E-state index is 14.1. The van der Waals surface area contributed by atoms with Gasteiger partial charge in [0, 0.05) is 5.69 Å². The average molecular weight is 563 g/mol. The SMILES string of the molecule is CCOc1ccc(NC(=O)[C@@H]2[C@@H]3CCC4(O3)C(C(=O)NCn3nnc5ccccc53)N([C@@H](CC)CO)C(=O)[C@H]24)cc1. The maximum Gasteiger partial charge on any atom is 0.247 e. The van der Waals surface area contributed by atoms with Crippen LogP contribution in [0.25, 0.3) is 11.0 Å². The van der Waals surface area contributed by atoms with E-state index in [1.165, 1.54) is 4.90 Å². The molecule has 1 spiro atoms. The van der Waals surface area contributed by atoms with Gasteiger partial charge in [0.15, 0.2) is 0 Å². The predicted molar refractivity (Wildman–Crippen MR) is 148 cm³/mol. The maximum absolute atomic E-state index is 14.1. The second-order valence-corrected chi connectivity index (χ2v) is 10.8. The average Bonchev–Trinajstić information content (AvgIpc) is 3.73. The van der Waals surface area contributed by atoms with Gasteiger partial charge in [0.1, 0.15) is 29.6 Å². The summed E-state index contributed by atoms with van der Waals surface area (Å²) < 4.78 is 13.5. The van der Waals surface area contributed by atoms with Crippen molar-refractivity contribution in [1.29, 1.82) is 0 Å². The summed E-state index contributed by atoms with van der Waals surface area (Å²) in [6, 6.07) is 12.9. The van der Waals surface area contributed by atoms with Crippen molar-refractivity contribution in [3.63, 3.8) is 0 Å². The van der Waals surface area contributed by atoms with E-state index in [0.29, 0.717) is 42.8 Å². The van der Waals surface area contributed by atoms with Gasteiger partial charge >= 0.3 is 0 Å². The Morgan fingerprint density at radius 3 is 2.68 bits per heavy atom. The van der Waals surface area contributed by atoms with Crippen LogP contribution in [0.5, 0.6) is 5.75 Å². The molecule has 3 aromatic rings. The van der Waals surface area contributed by atoms with Crippen molar-refractivity contribution in [2.45, 2.75) is 63.6 Å². The van der Waals surface area contributed by atoms with Crippen molar-refractivity contribution in [3.8, 4) is 5.75 Å². The summed E-state index contributed by atoms with van der Waals surface area (Å²) >= 11 is 0. The molecule has 2 bridgehead atoms. The molecule has 2 unspecified atom stereocenters. The van der Waals surface area contributed by atoms with Crippen molar-refractivity contribution < 1.29 is 29.0 Å². The molecule has 0 saturated carbocycles. The number of rotatable bonds is 10. The van der Waals surface area contributed by atoms with E-state index in [2.05, 4.69) is 20.9 Å². The Labute approximate surface area is 237 Å². The lowest BCUT2D eigenvalue weighted by atomic mass is 9.70. The minimum atomic E-state index is -1.17. The number of nitrogens with one attached hydrogen (secondary N) is 2. The Morgan fingerprint density at radius 1 is 1.17 bits per heavy atom. The molecule has 3 saturated heterocycles. The first-order valence-electron chi connectivity index (χ1n) is 14.1. The highest BCUT2D eigenvalue weighted by Gasteiger charge is 2.75. The lowest BCUT2D eigenvalue weighted by Gasteiger charge is -2.36. The van der Waals surface area contributed by atoms with Gasteiger partial charge in [0.05, 0.1) is 42.7 Å². The molecule has 3 N–H and O–H groups in total. The molecule has 0 aliphatic carbocycles. The van der Waals surface area contributed by atoms with E-state index < -0.39 is 41.5 Å². The Kier molecular flexibility index (Phi) is 7.12. The molecule has 4 heterocycles. The van der Waals surface area contributed by atoms with Gasteiger partial charge < -0.3 is 30.1 Å². The third-order valence-electron chi connectivity index (χ3n) is 8.62. The Morgan fingerprint density at radius 2 is 1.95 bits per heavy atom. The minimum absolute atomic E-state index is 0.0413. The molecule has 41 heavy (non-hydrogen) atoms. The zero-order chi connectivity index (χ0) is 28.7. The monoisotopic (exact) mass is 562 g/mol. The Hall–Kier alpha value is -4.03. The van der Waals surface area contributed by atoms with Gasteiger partial charge in [0.2, 0.25) is 17.7 Å². The van der Waals surface area contributed by atoms with Crippen LogP contribution in [-0.4, -0.2) is 79.7 Å². The highest BCUT2D eigenvalue weighted by Crippen LogP contribution is 2.59. The number of carbonyl (C=O) groups is 3. The van der Waals surface area contributed by atoms with Gasteiger partial charge in [-0.15, -0.1) is 5.10 Å². The quantitative estimate of drug-likeness (QED) is 0.338. The lowest BCUT2D eigenvalue weighted by molar-refractivity contribution is -0.145. The van der Waals surface area contributed by atoms with E-state index in [9.17, 15) is 19.5 Å². The van der Waals surface area contributed by atoms with Gasteiger partial charge in [-0.2, -0.15) is 0 Å². The minimum Gasteiger partial charge on any atom is -0.494 e. The van der Waals surface area contributed by atoms with E-state index in [4.69, 9.17) is 9.47 Å². The molecule has 0 radical (unpaired) electrons. The number of hydrogen-bond acceptors (Lipinski definition) is 8. The number of fused-ring (bicyclic) bond motifs is 2. The Bertz CT molecular complexity index is 1460. The lowest BCUT2D eigenvalue weighted by Crippen LogP contribution is -2.58. The fraction of sp³-hybridized carbons (Fsp3) is 0.483. The molecule has 12 heteroatoms. The van der Waals surface area contributed by atoms with Gasteiger partial charge in [-0.1, -0.05) is 24.3 Å². The van der Waals surface area contributed by atoms with E-state index in [-0.39, 0.29) is 25.1 Å². The van der Waals surface area contributed by atoms with E-state index in [1.807, 2.05) is 38.1 Å². The van der Waals surface area contributed by atoms with Gasteiger partial charge in [-0.3, -0.25) is 14.4 Å². The number of amides is 3. The highest BCUT2D eigenvalue weighted by atomic mass is 16.5. The summed E-state index contributed by atoms with van der Waals surface area (Å²) in [6.45, 7) is 4.01. The van der Waals surface area contributed by atoms with Gasteiger partial charge in [-0.05, 0) is 62.6 Å². The first kappa shape index (κ1) is 27.2. The number of likely N-dealkylation sites (tertiary alicyclic amines) is 1. The zero-order valence-electron chi connectivity index (χ0n) is 23.0. The van der Waals surface area contributed by atoms with Crippen LogP contribution in [0.2, 0.25) is 0 Å². The molecular weight excluding hydrogens is 528 g/mol. The normalized spacial score (nSPS) is 27.2. The van der Waals surface area contributed by atoms with Crippen molar-refractivity contribution in [3.05, 3.63) is 48.5 Å². The number of anilines is 1. The van der Waals surface area contributed by atoms with Crippen molar-refractivity contribution in [2.24, 2.45) is 11.8 Å². The zero-order valence-corrected chi connectivity index (χ0v) is 23.0. The van der Waals surface area contributed by atoms with Crippen LogP contribution in [0.1, 0.15) is 33.1 Å². The van der Waals surface area contributed by atoms with Crippen molar-refractivity contribution >= 4 is 34.4 Å². The standard InChI is InChI=1S/C29H34N6O6/c1-3-18(15-36)35-25(27(38)30-16-34-21-8-6-5-7-20(21)32-33-34)29-14-13-22(41-29)23(24(29)28(35)39)26(37)31-17-9-11-19(12-10-17)40-4-2/h5-12,18,22-25,36H,3-4,13-16H2,1-2H3,(H,30,38)(H,31,37)/t18-,22-,23+,24-,25?,29?/m0/s1. The fourth-order valence-corrected chi connectivity index (χ4v) is 6.81. The first-order valence-corrected chi connectivity index (χ1v) is 14.1. The third kappa shape index (κ3) is 4.41. The molecule has 3 amide bonds. The summed E-state index contributed by atoms with van der Waals surface area (Å²) in [6.07, 6.45) is 0.961. The second-order valence-electron chi connectivity index (χ2n) is 10.8. The van der Waals surface area contributed by atoms with E-state index in [0.717, 1.165) is 5.52 Å². The summed E-state index contributed by atoms with van der Waals surface area (Å²) in [5.74, 6) is -2.00. The van der Waals surface area contributed by atoms with Crippen LogP contribution in [0.3, 0.4) is 0 Å². The predicted octanol–water partition coefficient (Wildman–Crippen LogP) is 1.69. The molecule has 3 aliphatic heterocycles. The van der Waals surface area contributed by atoms with Crippen LogP contribution >= 0.6 is 0 Å². The number of aromatic nitrogens is 3. The number of aliphatic hydroxyl groups is 1. The fourth-order valence-electron chi connectivity index (χ4n) is 6.81. The molecule has 216 valence electrons. The number of aliphatic hydroxyl groups excluding tert-OH is 1. The second kappa shape index (κ2) is 10.7. The number of nitrogens with zero attached hydrogens (tertiary/aromatic N) is 4. The largest absolute Gasteiger partial charge is 0.494 e. The van der Waals surface area contributed by atoms with Crippen LogP contribution in [0, 0.1) is 11.8 Å². The Balaban J connectivity index is 1.27. The third-order valence-corrected chi connectivity index (χ3v) is 8.62. The summed E-state index contributed by atoms with van der Waals surface area (Å²) in [4.78, 5) is 43.1. The molecule has 3 fully saturated rings.